The van der Waals surface area contributed by atoms with E-state index in [1.807, 2.05) is 30.3 Å². The zero-order valence-corrected chi connectivity index (χ0v) is 10.5. The van der Waals surface area contributed by atoms with E-state index in [0.29, 0.717) is 11.3 Å². The molecule has 0 spiro atoms. The summed E-state index contributed by atoms with van der Waals surface area (Å²) in [6, 6.07) is 16.3. The molecule has 2 aromatic carbocycles. The molecule has 0 fully saturated rings. The smallest absolute Gasteiger partial charge is 0.336 e. The van der Waals surface area contributed by atoms with Gasteiger partial charge < -0.3 is 5.11 Å². The number of hydrazone groups is 1. The molecule has 0 radical (unpaired) electrons. The highest BCUT2D eigenvalue weighted by Gasteiger charge is 2.10. The first-order chi connectivity index (χ1) is 9.18. The van der Waals surface area contributed by atoms with Crippen LogP contribution in [0.3, 0.4) is 0 Å². The van der Waals surface area contributed by atoms with Crippen LogP contribution in [0.15, 0.2) is 59.7 Å². The van der Waals surface area contributed by atoms with Crippen LogP contribution in [0.5, 0.6) is 0 Å². The summed E-state index contributed by atoms with van der Waals surface area (Å²) in [4.78, 5) is 11.1. The molecule has 0 amide bonds. The van der Waals surface area contributed by atoms with Crippen molar-refractivity contribution < 1.29 is 9.90 Å². The third-order valence-electron chi connectivity index (χ3n) is 2.67. The lowest BCUT2D eigenvalue weighted by Crippen LogP contribution is -2.08. The second-order valence-electron chi connectivity index (χ2n) is 4.03. The number of hydrogen-bond donors (Lipinski definition) is 2. The van der Waals surface area contributed by atoms with Crippen LogP contribution in [-0.2, 0) is 0 Å². The molecule has 0 aromatic heterocycles. The number of rotatable bonds is 4. The second-order valence-corrected chi connectivity index (χ2v) is 4.03. The second kappa shape index (κ2) is 5.82. The predicted octanol–water partition coefficient (Wildman–Crippen LogP) is 3.22. The molecule has 0 heterocycles. The van der Waals surface area contributed by atoms with Crippen molar-refractivity contribution in [2.75, 3.05) is 5.43 Å². The fourth-order valence-electron chi connectivity index (χ4n) is 1.71. The van der Waals surface area contributed by atoms with E-state index in [9.17, 15) is 4.79 Å². The van der Waals surface area contributed by atoms with E-state index in [2.05, 4.69) is 10.5 Å². The summed E-state index contributed by atoms with van der Waals surface area (Å²) in [7, 11) is 0. The van der Waals surface area contributed by atoms with Crippen LogP contribution in [-0.4, -0.2) is 16.8 Å². The van der Waals surface area contributed by atoms with Crippen LogP contribution in [0.2, 0.25) is 0 Å². The molecule has 2 N–H and O–H groups in total. The normalized spacial score (nSPS) is 11.1. The summed E-state index contributed by atoms with van der Waals surface area (Å²) in [6.45, 7) is 1.78. The number of hydrogen-bond acceptors (Lipinski definition) is 3. The molecule has 0 aliphatic rings. The molecule has 4 nitrogen and oxygen atoms in total. The first kappa shape index (κ1) is 12.8. The van der Waals surface area contributed by atoms with Crippen LogP contribution < -0.4 is 5.43 Å². The monoisotopic (exact) mass is 254 g/mol. The summed E-state index contributed by atoms with van der Waals surface area (Å²) in [5.41, 5.74) is 5.25. The predicted molar refractivity (Wildman–Crippen MR) is 75.7 cm³/mol. The number of carboxylic acids is 1. The maximum Gasteiger partial charge on any atom is 0.336 e. The summed E-state index contributed by atoms with van der Waals surface area (Å²) < 4.78 is 0. The topological polar surface area (TPSA) is 61.7 Å². The third kappa shape index (κ3) is 3.19. The molecule has 96 valence electrons. The SMILES string of the molecule is C/C(=N/Nc1ccccc1)c1ccccc1C(=O)O. The average Bonchev–Trinajstić information content (AvgIpc) is 2.46. The Morgan fingerprint density at radius 2 is 1.58 bits per heavy atom. The van der Waals surface area contributed by atoms with Crippen LogP contribution in [0, 0.1) is 0 Å². The Bertz CT molecular complexity index is 607. The lowest BCUT2D eigenvalue weighted by molar-refractivity contribution is 0.0696. The third-order valence-corrected chi connectivity index (χ3v) is 2.67. The molecule has 0 aliphatic heterocycles. The molecule has 2 rings (SSSR count). The number of aromatic carboxylic acids is 1. The molecule has 0 aliphatic carbocycles. The summed E-state index contributed by atoms with van der Waals surface area (Å²) in [6.07, 6.45) is 0. The van der Waals surface area contributed by atoms with Gasteiger partial charge in [0, 0.05) is 5.56 Å². The molecule has 0 unspecified atom stereocenters. The van der Waals surface area contributed by atoms with E-state index in [0.717, 1.165) is 5.69 Å². The Labute approximate surface area is 111 Å². The van der Waals surface area contributed by atoms with E-state index >= 15 is 0 Å². The number of nitrogens with zero attached hydrogens (tertiary/aromatic N) is 1. The van der Waals surface area contributed by atoms with Crippen molar-refractivity contribution in [3.8, 4) is 0 Å². The van der Waals surface area contributed by atoms with Gasteiger partial charge in [0.1, 0.15) is 0 Å². The van der Waals surface area contributed by atoms with Gasteiger partial charge in [-0.3, -0.25) is 5.43 Å². The lowest BCUT2D eigenvalue weighted by atomic mass is 10.0. The number of anilines is 1. The van der Waals surface area contributed by atoms with Gasteiger partial charge in [-0.25, -0.2) is 4.79 Å². The van der Waals surface area contributed by atoms with Gasteiger partial charge in [0.2, 0.25) is 0 Å². The molecule has 0 saturated heterocycles. The highest BCUT2D eigenvalue weighted by Crippen LogP contribution is 2.11. The summed E-state index contributed by atoms with van der Waals surface area (Å²) >= 11 is 0. The largest absolute Gasteiger partial charge is 0.478 e. The first-order valence-corrected chi connectivity index (χ1v) is 5.86. The molecular formula is C15H14N2O2. The highest BCUT2D eigenvalue weighted by molar-refractivity contribution is 6.07. The van der Waals surface area contributed by atoms with Crippen molar-refractivity contribution in [2.24, 2.45) is 5.10 Å². The molecule has 2 aromatic rings. The number of carboxylic acid groups (broad SMARTS) is 1. The van der Waals surface area contributed by atoms with Crippen molar-refractivity contribution in [3.05, 3.63) is 65.7 Å². The van der Waals surface area contributed by atoms with Crippen LogP contribution in [0.25, 0.3) is 0 Å². The summed E-state index contributed by atoms with van der Waals surface area (Å²) in [5.74, 6) is -0.954. The minimum atomic E-state index is -0.954. The van der Waals surface area contributed by atoms with Crippen molar-refractivity contribution in [1.29, 1.82) is 0 Å². The van der Waals surface area contributed by atoms with E-state index in [1.165, 1.54) is 0 Å². The highest BCUT2D eigenvalue weighted by atomic mass is 16.4. The lowest BCUT2D eigenvalue weighted by Gasteiger charge is -2.06. The minimum Gasteiger partial charge on any atom is -0.478 e. The van der Waals surface area contributed by atoms with Crippen molar-refractivity contribution in [2.45, 2.75) is 6.92 Å². The van der Waals surface area contributed by atoms with Gasteiger partial charge in [0.15, 0.2) is 0 Å². The zero-order chi connectivity index (χ0) is 13.7. The van der Waals surface area contributed by atoms with Gasteiger partial charge >= 0.3 is 5.97 Å². The van der Waals surface area contributed by atoms with E-state index in [-0.39, 0.29) is 5.56 Å². The van der Waals surface area contributed by atoms with Gasteiger partial charge in [-0.1, -0.05) is 36.4 Å². The van der Waals surface area contributed by atoms with E-state index in [4.69, 9.17) is 5.11 Å². The molecular weight excluding hydrogens is 240 g/mol. The number of benzene rings is 2. The molecule has 0 saturated carbocycles. The first-order valence-electron chi connectivity index (χ1n) is 5.86. The van der Waals surface area contributed by atoms with E-state index in [1.54, 1.807) is 31.2 Å². The maximum absolute atomic E-state index is 11.1. The van der Waals surface area contributed by atoms with Crippen molar-refractivity contribution in [3.63, 3.8) is 0 Å². The van der Waals surface area contributed by atoms with Gasteiger partial charge in [-0.05, 0) is 25.1 Å². The Balaban J connectivity index is 2.24. The van der Waals surface area contributed by atoms with Crippen LogP contribution in [0.4, 0.5) is 5.69 Å². The Morgan fingerprint density at radius 3 is 2.21 bits per heavy atom. The standard InChI is InChI=1S/C15H14N2O2/c1-11(16-17-12-7-3-2-4-8-12)13-9-5-6-10-14(13)15(18)19/h2-10,17H,1H3,(H,18,19)/b16-11-. The molecule has 0 atom stereocenters. The van der Waals surface area contributed by atoms with Gasteiger partial charge in [0.05, 0.1) is 17.0 Å². The fourth-order valence-corrected chi connectivity index (χ4v) is 1.71. The average molecular weight is 254 g/mol. The Hall–Kier alpha value is -2.62. The summed E-state index contributed by atoms with van der Waals surface area (Å²) in [5, 5.41) is 13.3. The van der Waals surface area contributed by atoms with E-state index < -0.39 is 5.97 Å². The number of para-hydroxylation sites is 1. The molecule has 0 bridgehead atoms. The molecule has 19 heavy (non-hydrogen) atoms. The van der Waals surface area contributed by atoms with Gasteiger partial charge in [-0.15, -0.1) is 0 Å². The van der Waals surface area contributed by atoms with Crippen molar-refractivity contribution in [1.82, 2.24) is 0 Å². The Kier molecular flexibility index (Phi) is 3.93. The number of nitrogens with one attached hydrogen (secondary N) is 1. The number of carbonyl (C=O) groups is 1. The molecule has 4 heteroatoms. The Morgan fingerprint density at radius 1 is 1.00 bits per heavy atom. The van der Waals surface area contributed by atoms with Gasteiger partial charge in [-0.2, -0.15) is 5.10 Å². The fraction of sp³-hybridized carbons (Fsp3) is 0.0667. The van der Waals surface area contributed by atoms with Crippen LogP contribution in [0.1, 0.15) is 22.8 Å². The van der Waals surface area contributed by atoms with Gasteiger partial charge in [0.25, 0.3) is 0 Å². The maximum atomic E-state index is 11.1. The minimum absolute atomic E-state index is 0.249. The quantitative estimate of drug-likeness (QED) is 0.650. The zero-order valence-electron chi connectivity index (χ0n) is 10.5. The van der Waals surface area contributed by atoms with Crippen molar-refractivity contribution >= 4 is 17.4 Å². The van der Waals surface area contributed by atoms with Crippen LogP contribution >= 0.6 is 0 Å².